The first kappa shape index (κ1) is 25.2. The van der Waals surface area contributed by atoms with Crippen LogP contribution in [0.2, 0.25) is 0 Å². The molecule has 2 atom stereocenters. The third-order valence-corrected chi connectivity index (χ3v) is 6.84. The molecule has 1 aromatic heterocycles. The molecule has 0 aliphatic carbocycles. The number of aromatic nitrogens is 1. The molecule has 3 N–H and O–H groups in total. The summed E-state index contributed by atoms with van der Waals surface area (Å²) in [5.74, 6) is -2.70. The first-order valence-electron chi connectivity index (χ1n) is 10.1. The molecule has 1 saturated heterocycles. The van der Waals surface area contributed by atoms with E-state index in [1.165, 1.54) is 36.8 Å². The summed E-state index contributed by atoms with van der Waals surface area (Å²) in [7, 11) is 1.27. The summed E-state index contributed by atoms with van der Waals surface area (Å²) in [6.45, 7) is 4.95. The smallest absolute Gasteiger partial charge is 0.374 e. The first-order chi connectivity index (χ1) is 16.2. The Labute approximate surface area is 203 Å². The number of ether oxygens (including phenoxy) is 2. The monoisotopic (exact) mass is 509 g/mol. The lowest BCUT2D eigenvalue weighted by Crippen LogP contribution is -2.71. The molecule has 3 heterocycles. The molecule has 0 radical (unpaired) electrons. The molecule has 0 saturated carbocycles. The van der Waals surface area contributed by atoms with E-state index in [1.54, 1.807) is 19.2 Å². The summed E-state index contributed by atoms with van der Waals surface area (Å²) < 4.78 is 10.1. The second-order valence-electron chi connectivity index (χ2n) is 6.95. The normalized spacial score (nSPS) is 20.4. The van der Waals surface area contributed by atoms with Crippen molar-refractivity contribution in [2.75, 3.05) is 25.2 Å². The molecule has 3 rings (SSSR count). The number of amides is 2. The highest BCUT2D eigenvalue weighted by Crippen LogP contribution is 2.40. The largest absolute Gasteiger partial charge is 0.460 e. The van der Waals surface area contributed by atoms with Gasteiger partial charge in [-0.05, 0) is 32.4 Å². The fraction of sp³-hybridized carbons (Fsp3) is 0.400. The number of hydrogen-bond acceptors (Lipinski definition) is 12. The van der Waals surface area contributed by atoms with E-state index in [2.05, 4.69) is 15.5 Å². The number of carbonyl (C=O) groups is 4. The highest BCUT2D eigenvalue weighted by molar-refractivity contribution is 8.00. The summed E-state index contributed by atoms with van der Waals surface area (Å²) in [4.78, 5) is 60.6. The van der Waals surface area contributed by atoms with Crippen molar-refractivity contribution >= 4 is 57.7 Å². The van der Waals surface area contributed by atoms with Crippen molar-refractivity contribution in [3.05, 3.63) is 34.2 Å². The quantitative estimate of drug-likeness (QED) is 0.128. The van der Waals surface area contributed by atoms with Crippen molar-refractivity contribution in [1.29, 1.82) is 0 Å². The van der Waals surface area contributed by atoms with Gasteiger partial charge in [0.1, 0.15) is 29.9 Å². The number of nitrogens with one attached hydrogen (secondary N) is 1. The fourth-order valence-corrected chi connectivity index (χ4v) is 5.07. The Hall–Kier alpha value is -3.39. The maximum atomic E-state index is 12.9. The van der Waals surface area contributed by atoms with Crippen molar-refractivity contribution in [1.82, 2.24) is 15.2 Å². The summed E-state index contributed by atoms with van der Waals surface area (Å²) >= 11 is 2.50. The first-order valence-corrected chi connectivity index (χ1v) is 12.0. The number of carbonyl (C=O) groups excluding carboxylic acids is 4. The van der Waals surface area contributed by atoms with Crippen LogP contribution in [0.5, 0.6) is 0 Å². The minimum atomic E-state index is -0.919. The molecule has 2 aliphatic heterocycles. The van der Waals surface area contributed by atoms with Crippen LogP contribution in [0, 0.1) is 0 Å². The Balaban J connectivity index is 1.75. The number of anilines is 1. The van der Waals surface area contributed by atoms with Gasteiger partial charge in [0.25, 0.3) is 11.8 Å². The van der Waals surface area contributed by atoms with E-state index in [0.717, 1.165) is 11.3 Å². The molecular formula is C20H23N5O7S2. The van der Waals surface area contributed by atoms with Crippen molar-refractivity contribution < 1.29 is 33.5 Å². The molecule has 2 aliphatic rings. The number of oxime groups is 1. The van der Waals surface area contributed by atoms with Crippen molar-refractivity contribution in [2.24, 2.45) is 5.16 Å². The van der Waals surface area contributed by atoms with Gasteiger partial charge in [0.15, 0.2) is 10.8 Å². The molecule has 12 nitrogen and oxygen atoms in total. The van der Waals surface area contributed by atoms with Gasteiger partial charge in [-0.25, -0.2) is 14.6 Å². The minimum Gasteiger partial charge on any atom is -0.460 e. The van der Waals surface area contributed by atoms with E-state index in [-0.39, 0.29) is 34.6 Å². The Morgan fingerprint density at radius 1 is 1.41 bits per heavy atom. The predicted molar refractivity (Wildman–Crippen MR) is 124 cm³/mol. The summed E-state index contributed by atoms with van der Waals surface area (Å²) in [6, 6.07) is -0.919. The molecule has 1 fully saturated rings. The maximum Gasteiger partial charge on any atom is 0.374 e. The molecule has 34 heavy (non-hydrogen) atoms. The van der Waals surface area contributed by atoms with E-state index in [0.29, 0.717) is 11.3 Å². The van der Waals surface area contributed by atoms with Crippen LogP contribution in [0.3, 0.4) is 0 Å². The highest BCUT2D eigenvalue weighted by Gasteiger charge is 2.54. The Morgan fingerprint density at radius 3 is 2.74 bits per heavy atom. The van der Waals surface area contributed by atoms with Gasteiger partial charge in [0.05, 0.1) is 6.61 Å². The van der Waals surface area contributed by atoms with Gasteiger partial charge in [-0.15, -0.1) is 23.1 Å². The van der Waals surface area contributed by atoms with Gasteiger partial charge < -0.3 is 25.4 Å². The van der Waals surface area contributed by atoms with Crippen LogP contribution in [0.4, 0.5) is 5.13 Å². The molecule has 14 heteroatoms. The second kappa shape index (κ2) is 10.7. The van der Waals surface area contributed by atoms with Gasteiger partial charge in [0.2, 0.25) is 5.76 Å². The van der Waals surface area contributed by atoms with Crippen LogP contribution in [0.1, 0.15) is 26.5 Å². The Bertz CT molecular complexity index is 1110. The SMILES string of the molecule is C/C=C(\OC(=O)C1=C(C)CS[C@@H]2[C@H](NC(=O)/C(=N\OC)c3csc(N)n3)C(=O)N12)C(=O)OCC. The van der Waals surface area contributed by atoms with Crippen LogP contribution in [0.25, 0.3) is 0 Å². The average Bonchev–Trinajstić information content (AvgIpc) is 3.24. The van der Waals surface area contributed by atoms with Gasteiger partial charge >= 0.3 is 11.9 Å². The van der Waals surface area contributed by atoms with Crippen LogP contribution < -0.4 is 11.1 Å². The molecule has 182 valence electrons. The predicted octanol–water partition coefficient (Wildman–Crippen LogP) is 0.760. The van der Waals surface area contributed by atoms with Crippen molar-refractivity contribution in [3.63, 3.8) is 0 Å². The summed E-state index contributed by atoms with van der Waals surface area (Å²) in [6.07, 6.45) is 1.31. The lowest BCUT2D eigenvalue weighted by Gasteiger charge is -2.49. The number of nitrogens with zero attached hydrogens (tertiary/aromatic N) is 3. The molecule has 0 aromatic carbocycles. The minimum absolute atomic E-state index is 0.0287. The van der Waals surface area contributed by atoms with E-state index in [1.807, 2.05) is 0 Å². The number of hydrogen-bond donors (Lipinski definition) is 2. The number of esters is 2. The number of thioether (sulfide) groups is 1. The lowest BCUT2D eigenvalue weighted by molar-refractivity contribution is -0.154. The molecular weight excluding hydrogens is 486 g/mol. The second-order valence-corrected chi connectivity index (χ2v) is 8.94. The van der Waals surface area contributed by atoms with Crippen molar-refractivity contribution in [2.45, 2.75) is 32.2 Å². The molecule has 0 unspecified atom stereocenters. The highest BCUT2D eigenvalue weighted by atomic mass is 32.2. The van der Waals surface area contributed by atoms with Crippen LogP contribution in [0.15, 0.2) is 33.6 Å². The number of nitrogens with two attached hydrogens (primary N) is 1. The van der Waals surface area contributed by atoms with Gasteiger partial charge in [-0.2, -0.15) is 0 Å². The van der Waals surface area contributed by atoms with Crippen LogP contribution in [-0.2, 0) is 33.5 Å². The topological polar surface area (TPSA) is 163 Å². The average molecular weight is 510 g/mol. The zero-order valence-corrected chi connectivity index (χ0v) is 20.4. The van der Waals surface area contributed by atoms with Crippen LogP contribution in [-0.4, -0.2) is 70.2 Å². The number of fused-ring (bicyclic) bond motifs is 1. The molecule has 0 spiro atoms. The van der Waals surface area contributed by atoms with Gasteiger partial charge in [0, 0.05) is 11.1 Å². The van der Waals surface area contributed by atoms with E-state index >= 15 is 0 Å². The maximum absolute atomic E-state index is 12.9. The third kappa shape index (κ3) is 4.92. The zero-order valence-electron chi connectivity index (χ0n) is 18.8. The standard InChI is InChI=1S/C20H23N5O7S2/c1-5-11(18(28)31-6-2)32-19(29)14-9(3)7-33-17-13(16(27)25(14)17)23-15(26)12(24-30-4)10-8-34-20(21)22-10/h5,8,13,17H,6-7H2,1-4H3,(H2,21,22)(H,23,26)/b11-5-,24-12-/t13-,17-/m1/s1. The van der Waals surface area contributed by atoms with Crippen LogP contribution >= 0.6 is 23.1 Å². The fourth-order valence-electron chi connectivity index (χ4n) is 3.23. The number of thiazole rings is 1. The van der Waals surface area contributed by atoms with Gasteiger partial charge in [-0.3, -0.25) is 14.5 Å². The van der Waals surface area contributed by atoms with Gasteiger partial charge in [-0.1, -0.05) is 5.16 Å². The summed E-state index contributed by atoms with van der Waals surface area (Å²) in [5.41, 5.74) is 6.33. The van der Waals surface area contributed by atoms with E-state index in [4.69, 9.17) is 20.0 Å². The zero-order chi connectivity index (χ0) is 25.0. The summed E-state index contributed by atoms with van der Waals surface area (Å²) in [5, 5.41) is 7.56. The third-order valence-electron chi connectivity index (χ3n) is 4.74. The lowest BCUT2D eigenvalue weighted by atomic mass is 10.0. The number of allylic oxidation sites excluding steroid dienone is 1. The van der Waals surface area contributed by atoms with Crippen molar-refractivity contribution in [3.8, 4) is 0 Å². The molecule has 2 amide bonds. The molecule has 0 bridgehead atoms. The number of nitrogen functional groups attached to an aromatic ring is 1. The number of rotatable bonds is 8. The Morgan fingerprint density at radius 2 is 2.15 bits per heavy atom. The van der Waals surface area contributed by atoms with E-state index < -0.39 is 35.2 Å². The number of β-lactam (4-membered cyclic amide) rings is 1. The van der Waals surface area contributed by atoms with E-state index in [9.17, 15) is 19.2 Å². The Kier molecular flexibility index (Phi) is 7.94. The molecule has 1 aromatic rings.